The summed E-state index contributed by atoms with van der Waals surface area (Å²) in [6.07, 6.45) is -1.60. The number of aliphatic hydroxyl groups excluding tert-OH is 1. The van der Waals surface area contributed by atoms with Gasteiger partial charge in [0.1, 0.15) is 18.0 Å². The average Bonchev–Trinajstić information content (AvgIpc) is 2.95. The third-order valence-electron chi connectivity index (χ3n) is 6.56. The van der Waals surface area contributed by atoms with Crippen molar-refractivity contribution in [2.75, 3.05) is 31.5 Å². The molecule has 0 spiro atoms. The fourth-order valence-corrected chi connectivity index (χ4v) is 4.28. The Labute approximate surface area is 233 Å². The Kier molecular flexibility index (Phi) is 10.9. The summed E-state index contributed by atoms with van der Waals surface area (Å²) in [6, 6.07) is 17.3. The van der Waals surface area contributed by atoms with Gasteiger partial charge in [0.05, 0.1) is 0 Å². The molecule has 3 amide bonds. The molecule has 3 unspecified atom stereocenters. The van der Waals surface area contributed by atoms with Gasteiger partial charge in [-0.3, -0.25) is 14.4 Å². The zero-order chi connectivity index (χ0) is 29.2. The molecule has 0 aliphatic heterocycles. The van der Waals surface area contributed by atoms with Crippen molar-refractivity contribution >= 4 is 40.0 Å². The number of fused-ring (bicyclic) bond motifs is 1. The first-order valence-electron chi connectivity index (χ1n) is 13.0. The lowest BCUT2D eigenvalue weighted by molar-refractivity contribution is -0.137. The van der Waals surface area contributed by atoms with Gasteiger partial charge in [-0.2, -0.15) is 0 Å². The predicted molar refractivity (Wildman–Crippen MR) is 155 cm³/mol. The second kappa shape index (κ2) is 14.3. The van der Waals surface area contributed by atoms with Crippen LogP contribution in [0.3, 0.4) is 0 Å². The van der Waals surface area contributed by atoms with E-state index in [1.165, 1.54) is 29.2 Å². The van der Waals surface area contributed by atoms with Gasteiger partial charge in [-0.1, -0.05) is 68.1 Å². The van der Waals surface area contributed by atoms with Gasteiger partial charge >= 0.3 is 0 Å². The zero-order valence-corrected chi connectivity index (χ0v) is 22.5. The second-order valence-corrected chi connectivity index (χ2v) is 9.57. The summed E-state index contributed by atoms with van der Waals surface area (Å²) >= 11 is 0. The Morgan fingerprint density at radius 3 is 2.17 bits per heavy atom. The number of rotatable bonds is 13. The number of halogens is 1. The molecule has 3 aromatic carbocycles. The van der Waals surface area contributed by atoms with Crippen molar-refractivity contribution in [3.05, 3.63) is 84.4 Å². The molecule has 10 heteroatoms. The number of hydrogen-bond acceptors (Lipinski definition) is 6. The second-order valence-electron chi connectivity index (χ2n) is 9.57. The predicted octanol–water partition coefficient (Wildman–Crippen LogP) is 2.71. The van der Waals surface area contributed by atoms with E-state index in [1.54, 1.807) is 19.1 Å². The molecular weight excluding hydrogens is 513 g/mol. The van der Waals surface area contributed by atoms with Crippen LogP contribution in [0.1, 0.15) is 30.6 Å². The molecule has 0 radical (unpaired) electrons. The van der Waals surface area contributed by atoms with Gasteiger partial charge in [0, 0.05) is 49.8 Å². The van der Waals surface area contributed by atoms with Crippen molar-refractivity contribution < 1.29 is 23.9 Å². The molecule has 0 bridgehead atoms. The molecule has 3 rings (SSSR count). The van der Waals surface area contributed by atoms with Gasteiger partial charge < -0.3 is 32.1 Å². The molecule has 0 aliphatic carbocycles. The maximum Gasteiger partial charge on any atom is 0.250 e. The summed E-state index contributed by atoms with van der Waals surface area (Å²) in [4.78, 5) is 40.8. The number of nitrogens with one attached hydrogen (secondary N) is 2. The molecule has 0 saturated heterocycles. The molecular formula is C30H36FN5O4. The van der Waals surface area contributed by atoms with Crippen LogP contribution in [0.25, 0.3) is 16.6 Å². The van der Waals surface area contributed by atoms with Gasteiger partial charge in [-0.05, 0) is 28.5 Å². The van der Waals surface area contributed by atoms with Crippen molar-refractivity contribution in [1.29, 1.82) is 0 Å². The van der Waals surface area contributed by atoms with E-state index in [0.717, 1.165) is 10.8 Å². The highest BCUT2D eigenvalue weighted by Crippen LogP contribution is 2.24. The Hall–Kier alpha value is -4.12. The maximum atomic E-state index is 13.5. The SMILES string of the molecule is C=C(F)c1ccc(C(O)C(NC(=O)C(C)CC(=O)N(CCN)CCN)C(=O)Nc2ccc3ccccc3c2)cc1. The van der Waals surface area contributed by atoms with Gasteiger partial charge in [-0.15, -0.1) is 0 Å². The molecule has 40 heavy (non-hydrogen) atoms. The van der Waals surface area contributed by atoms with Crippen LogP contribution in [-0.4, -0.2) is 59.9 Å². The van der Waals surface area contributed by atoms with Gasteiger partial charge in [-0.25, -0.2) is 4.39 Å². The maximum absolute atomic E-state index is 13.5. The van der Waals surface area contributed by atoms with Gasteiger partial charge in [0.25, 0.3) is 0 Å². The van der Waals surface area contributed by atoms with Crippen LogP contribution in [-0.2, 0) is 14.4 Å². The van der Waals surface area contributed by atoms with Crippen LogP contribution in [0.2, 0.25) is 0 Å². The fraction of sp³-hybridized carbons (Fsp3) is 0.300. The first-order chi connectivity index (χ1) is 19.1. The summed E-state index contributed by atoms with van der Waals surface area (Å²) in [5.41, 5.74) is 12.1. The average molecular weight is 550 g/mol. The first-order valence-corrected chi connectivity index (χ1v) is 13.0. The highest BCUT2D eigenvalue weighted by atomic mass is 19.1. The van der Waals surface area contributed by atoms with E-state index in [9.17, 15) is 23.9 Å². The Balaban J connectivity index is 1.82. The van der Waals surface area contributed by atoms with Crippen LogP contribution in [0.15, 0.2) is 73.3 Å². The standard InChI is InChI=1S/C30H36FN5O4/c1-19(17-26(37)36(15-13-32)16-14-33)29(39)35-27(28(38)23-9-7-21(8-10-23)20(2)31)30(40)34-25-12-11-22-5-3-4-6-24(22)18-25/h3-12,18-19,27-28,38H,2,13-17,32-33H2,1H3,(H,34,40)(H,35,39). The topological polar surface area (TPSA) is 151 Å². The smallest absolute Gasteiger partial charge is 0.250 e. The molecule has 7 N–H and O–H groups in total. The number of nitrogens with zero attached hydrogens (tertiary/aromatic N) is 1. The Morgan fingerprint density at radius 1 is 0.950 bits per heavy atom. The van der Waals surface area contributed by atoms with Crippen molar-refractivity contribution in [3.63, 3.8) is 0 Å². The molecule has 0 aliphatic rings. The number of carbonyl (C=O) groups is 3. The quantitative estimate of drug-likeness (QED) is 0.221. The number of nitrogens with two attached hydrogens (primary N) is 2. The monoisotopic (exact) mass is 549 g/mol. The Bertz CT molecular complexity index is 1340. The molecule has 3 aromatic rings. The summed E-state index contributed by atoms with van der Waals surface area (Å²) in [5, 5.41) is 18.4. The number of amides is 3. The van der Waals surface area contributed by atoms with Crippen molar-refractivity contribution in [1.82, 2.24) is 10.2 Å². The fourth-order valence-electron chi connectivity index (χ4n) is 4.28. The van der Waals surface area contributed by atoms with Crippen LogP contribution < -0.4 is 22.1 Å². The minimum atomic E-state index is -1.47. The summed E-state index contributed by atoms with van der Waals surface area (Å²) in [5.74, 6) is -3.01. The van der Waals surface area contributed by atoms with Crippen LogP contribution in [0, 0.1) is 5.92 Å². The van der Waals surface area contributed by atoms with E-state index in [1.807, 2.05) is 30.3 Å². The lowest BCUT2D eigenvalue weighted by Crippen LogP contribution is -2.50. The number of benzene rings is 3. The summed E-state index contributed by atoms with van der Waals surface area (Å²) in [6.45, 7) is 5.93. The van der Waals surface area contributed by atoms with E-state index in [0.29, 0.717) is 18.8 Å². The van der Waals surface area contributed by atoms with E-state index in [2.05, 4.69) is 17.2 Å². The zero-order valence-electron chi connectivity index (χ0n) is 22.5. The number of hydrogen-bond donors (Lipinski definition) is 5. The molecule has 0 fully saturated rings. The van der Waals surface area contributed by atoms with E-state index >= 15 is 0 Å². The van der Waals surface area contributed by atoms with Gasteiger partial charge in [0.2, 0.25) is 17.7 Å². The highest BCUT2D eigenvalue weighted by molar-refractivity contribution is 6.00. The van der Waals surface area contributed by atoms with Crippen LogP contribution in [0.4, 0.5) is 10.1 Å². The molecule has 3 atom stereocenters. The van der Waals surface area contributed by atoms with Crippen molar-refractivity contribution in [3.8, 4) is 0 Å². The van der Waals surface area contributed by atoms with E-state index in [-0.39, 0.29) is 36.5 Å². The largest absolute Gasteiger partial charge is 0.386 e. The molecule has 0 aromatic heterocycles. The van der Waals surface area contributed by atoms with Crippen molar-refractivity contribution in [2.45, 2.75) is 25.5 Å². The van der Waals surface area contributed by atoms with E-state index < -0.39 is 35.7 Å². The normalized spacial score (nSPS) is 13.2. The minimum absolute atomic E-state index is 0.131. The highest BCUT2D eigenvalue weighted by Gasteiger charge is 2.32. The Morgan fingerprint density at radius 2 is 1.57 bits per heavy atom. The molecule has 0 heterocycles. The lowest BCUT2D eigenvalue weighted by atomic mass is 9.98. The minimum Gasteiger partial charge on any atom is -0.386 e. The summed E-state index contributed by atoms with van der Waals surface area (Å²) < 4.78 is 13.5. The number of carbonyl (C=O) groups excluding carboxylic acids is 3. The summed E-state index contributed by atoms with van der Waals surface area (Å²) in [7, 11) is 0. The number of aliphatic hydroxyl groups is 1. The van der Waals surface area contributed by atoms with E-state index in [4.69, 9.17) is 11.5 Å². The van der Waals surface area contributed by atoms with Crippen LogP contribution >= 0.6 is 0 Å². The van der Waals surface area contributed by atoms with Gasteiger partial charge in [0.15, 0.2) is 0 Å². The third kappa shape index (κ3) is 7.95. The lowest BCUT2D eigenvalue weighted by Gasteiger charge is -2.26. The molecule has 212 valence electrons. The third-order valence-corrected chi connectivity index (χ3v) is 6.56. The van der Waals surface area contributed by atoms with Crippen LogP contribution in [0.5, 0.6) is 0 Å². The molecule has 0 saturated carbocycles. The molecule has 9 nitrogen and oxygen atoms in total. The van der Waals surface area contributed by atoms with Crippen molar-refractivity contribution in [2.24, 2.45) is 17.4 Å². The first kappa shape index (κ1) is 30.4. The number of anilines is 1.